The third kappa shape index (κ3) is 96.2. The predicted molar refractivity (Wildman–Crippen MR) is 20.9 cm³/mol. The molecule has 0 N–H and O–H groups in total. The van der Waals surface area contributed by atoms with E-state index in [1.807, 2.05) is 0 Å². The Bertz CT molecular complexity index is 31.5. The van der Waals surface area contributed by atoms with Crippen molar-refractivity contribution in [3.8, 4) is 0 Å². The van der Waals surface area contributed by atoms with Crippen molar-refractivity contribution in [2.75, 3.05) is 0 Å². The molecule has 0 spiro atoms. The number of hydrogen-bond acceptors (Lipinski definition) is 1. The van der Waals surface area contributed by atoms with Gasteiger partial charge in [0.2, 0.25) is 0 Å². The van der Waals surface area contributed by atoms with Crippen molar-refractivity contribution in [2.45, 2.75) is 26.4 Å². The van der Waals surface area contributed by atoms with Gasteiger partial charge >= 0.3 is 48.4 Å². The van der Waals surface area contributed by atoms with E-state index in [9.17, 15) is 5.11 Å². The first-order chi connectivity index (χ1) is 2.00. The van der Waals surface area contributed by atoms with E-state index in [1.54, 1.807) is 20.8 Å². The van der Waals surface area contributed by atoms with Gasteiger partial charge in [0.25, 0.3) is 0 Å². The maximum Gasteiger partial charge on any atom is 1.00 e. The molecular formula is C4H10LiNaO. The molecule has 0 aromatic carbocycles. The largest absolute Gasteiger partial charge is 1.00 e. The van der Waals surface area contributed by atoms with Gasteiger partial charge in [-0.25, -0.2) is 0 Å². The minimum absolute atomic E-state index is 0. The first kappa shape index (κ1) is 15.8. The molecule has 0 aromatic heterocycles. The van der Waals surface area contributed by atoms with Gasteiger partial charge in [0.1, 0.15) is 0 Å². The predicted octanol–water partition coefficient (Wildman–Crippen LogP) is -5.73. The van der Waals surface area contributed by atoms with Crippen LogP contribution in [-0.2, 0) is 0 Å². The summed E-state index contributed by atoms with van der Waals surface area (Å²) in [5.74, 6) is 0. The van der Waals surface area contributed by atoms with E-state index in [1.165, 1.54) is 0 Å². The van der Waals surface area contributed by atoms with Crippen molar-refractivity contribution in [1.29, 1.82) is 0 Å². The Morgan fingerprint density at radius 2 is 1.29 bits per heavy atom. The molecule has 0 aliphatic carbocycles. The standard InChI is InChI=1S/C4H9O.Li.Na.H/c1-4(2,3)5;;;/h1-3H3;;;/q-1;2*+1;-1. The molecule has 7 heavy (non-hydrogen) atoms. The van der Waals surface area contributed by atoms with Crippen LogP contribution in [0.25, 0.3) is 0 Å². The molecule has 0 aliphatic heterocycles. The Labute approximate surface area is 80.8 Å². The van der Waals surface area contributed by atoms with E-state index in [0.717, 1.165) is 0 Å². The zero-order valence-corrected chi connectivity index (χ0v) is 7.91. The Morgan fingerprint density at radius 1 is 1.29 bits per heavy atom. The van der Waals surface area contributed by atoms with E-state index in [0.29, 0.717) is 0 Å². The van der Waals surface area contributed by atoms with Crippen molar-refractivity contribution in [3.05, 3.63) is 0 Å². The summed E-state index contributed by atoms with van der Waals surface area (Å²) in [7, 11) is 0. The molecular weight excluding hydrogens is 94.0 g/mol. The molecule has 0 aliphatic rings. The topological polar surface area (TPSA) is 23.1 Å². The second-order valence-corrected chi connectivity index (χ2v) is 2.11. The van der Waals surface area contributed by atoms with Crippen molar-refractivity contribution in [2.24, 2.45) is 0 Å². The summed E-state index contributed by atoms with van der Waals surface area (Å²) in [5.41, 5.74) is -0.750. The molecule has 34 valence electrons. The molecule has 0 radical (unpaired) electrons. The quantitative estimate of drug-likeness (QED) is 0.281. The fourth-order valence-corrected chi connectivity index (χ4v) is 0. The van der Waals surface area contributed by atoms with Crippen LogP contribution in [0.1, 0.15) is 22.2 Å². The fourth-order valence-electron chi connectivity index (χ4n) is 0. The van der Waals surface area contributed by atoms with E-state index in [2.05, 4.69) is 0 Å². The first-order valence-corrected chi connectivity index (χ1v) is 1.70. The molecule has 0 heterocycles. The average molecular weight is 104 g/mol. The van der Waals surface area contributed by atoms with Crippen LogP contribution in [0.3, 0.4) is 0 Å². The minimum atomic E-state index is -0.750. The van der Waals surface area contributed by atoms with Crippen LogP contribution < -0.4 is 53.5 Å². The molecule has 0 fully saturated rings. The van der Waals surface area contributed by atoms with Gasteiger partial charge in [-0.1, -0.05) is 20.8 Å². The van der Waals surface area contributed by atoms with E-state index in [-0.39, 0.29) is 49.8 Å². The maximum absolute atomic E-state index is 10.1. The number of hydrogen-bond donors (Lipinski definition) is 0. The summed E-state index contributed by atoms with van der Waals surface area (Å²) >= 11 is 0. The molecule has 0 rings (SSSR count). The molecule has 0 amide bonds. The summed E-state index contributed by atoms with van der Waals surface area (Å²) in [5, 5.41) is 10.1. The van der Waals surface area contributed by atoms with Crippen molar-refractivity contribution < 1.29 is 55.0 Å². The molecule has 0 saturated heterocycles. The SMILES string of the molecule is CC(C)(C)[O-].[H-].[Li+].[Na+]. The smallest absolute Gasteiger partial charge is 1.00 e. The van der Waals surface area contributed by atoms with Gasteiger partial charge in [-0.2, -0.15) is 0 Å². The van der Waals surface area contributed by atoms with Crippen molar-refractivity contribution in [1.82, 2.24) is 0 Å². The zero-order valence-electron chi connectivity index (χ0n) is 6.91. The van der Waals surface area contributed by atoms with Crippen molar-refractivity contribution in [3.63, 3.8) is 0 Å². The third-order valence-corrected chi connectivity index (χ3v) is 0. The Hall–Kier alpha value is 1.56. The van der Waals surface area contributed by atoms with Gasteiger partial charge < -0.3 is 6.53 Å². The fraction of sp³-hybridized carbons (Fsp3) is 1.00. The number of rotatable bonds is 0. The van der Waals surface area contributed by atoms with Crippen LogP contribution in [-0.4, -0.2) is 5.60 Å². The first-order valence-electron chi connectivity index (χ1n) is 1.70. The summed E-state index contributed by atoms with van der Waals surface area (Å²) in [6, 6.07) is 0. The Balaban J connectivity index is -0.0000000267. The van der Waals surface area contributed by atoms with Gasteiger partial charge in [0, 0.05) is 0 Å². The summed E-state index contributed by atoms with van der Waals surface area (Å²) < 4.78 is 0. The average Bonchev–Trinajstić information content (AvgIpc) is 0.722. The summed E-state index contributed by atoms with van der Waals surface area (Å²) in [4.78, 5) is 0. The van der Waals surface area contributed by atoms with Gasteiger partial charge in [0.15, 0.2) is 0 Å². The molecule has 0 atom stereocenters. The van der Waals surface area contributed by atoms with Gasteiger partial charge in [-0.05, 0) is 0 Å². The van der Waals surface area contributed by atoms with Gasteiger partial charge in [0.05, 0.1) is 0 Å². The van der Waals surface area contributed by atoms with E-state index >= 15 is 0 Å². The molecule has 0 unspecified atom stereocenters. The summed E-state index contributed by atoms with van der Waals surface area (Å²) in [6.07, 6.45) is 0. The molecule has 0 saturated carbocycles. The van der Waals surface area contributed by atoms with E-state index < -0.39 is 5.60 Å². The van der Waals surface area contributed by atoms with Crippen molar-refractivity contribution >= 4 is 0 Å². The monoisotopic (exact) mass is 104 g/mol. The van der Waals surface area contributed by atoms with Crippen LogP contribution in [0.15, 0.2) is 0 Å². The molecule has 0 bridgehead atoms. The Kier molecular flexibility index (Phi) is 12.9. The van der Waals surface area contributed by atoms with E-state index in [4.69, 9.17) is 0 Å². The third-order valence-electron chi connectivity index (χ3n) is 0. The Morgan fingerprint density at radius 3 is 1.29 bits per heavy atom. The molecule has 1 nitrogen and oxygen atoms in total. The second-order valence-electron chi connectivity index (χ2n) is 2.11. The van der Waals surface area contributed by atoms with Crippen LogP contribution in [0, 0.1) is 0 Å². The van der Waals surface area contributed by atoms with Gasteiger partial charge in [-0.15, -0.1) is 5.60 Å². The van der Waals surface area contributed by atoms with Crippen LogP contribution in [0.2, 0.25) is 0 Å². The molecule has 0 aromatic rings. The van der Waals surface area contributed by atoms with Crippen LogP contribution in [0.4, 0.5) is 0 Å². The van der Waals surface area contributed by atoms with Gasteiger partial charge in [-0.3, -0.25) is 0 Å². The second kappa shape index (κ2) is 5.69. The zero-order chi connectivity index (χ0) is 4.50. The van der Waals surface area contributed by atoms with Crippen LogP contribution in [0.5, 0.6) is 0 Å². The summed E-state index contributed by atoms with van der Waals surface area (Å²) in [6.45, 7) is 4.90. The maximum atomic E-state index is 10.1. The minimum Gasteiger partial charge on any atom is -1.00 e. The molecule has 3 heteroatoms. The normalized spacial score (nSPS) is 8.57. The van der Waals surface area contributed by atoms with Crippen LogP contribution >= 0.6 is 0 Å².